The summed E-state index contributed by atoms with van der Waals surface area (Å²) in [6.07, 6.45) is 11.2. The topological polar surface area (TPSA) is 66.4 Å². The fraction of sp³-hybridized carbons (Fsp3) is 1.00. The molecule has 0 aromatic rings. The fourth-order valence-electron chi connectivity index (χ4n) is 1.78. The predicted molar refractivity (Wildman–Crippen MR) is 72.6 cm³/mol. The van der Waals surface area contributed by atoms with Crippen LogP contribution in [0.5, 0.6) is 0 Å². The summed E-state index contributed by atoms with van der Waals surface area (Å²) in [5, 5.41) is 0. The molecule has 0 aromatic heterocycles. The number of rotatable bonds is 13. The molecule has 0 saturated carbocycles. The molecule has 19 heavy (non-hydrogen) atoms. The van der Waals surface area contributed by atoms with Crippen molar-refractivity contribution in [2.45, 2.75) is 64.7 Å². The predicted octanol–water partition coefficient (Wildman–Crippen LogP) is 0.0830. The van der Waals surface area contributed by atoms with Crippen molar-refractivity contribution in [1.82, 2.24) is 0 Å². The van der Waals surface area contributed by atoms with E-state index in [0.717, 1.165) is 12.8 Å². The van der Waals surface area contributed by atoms with Gasteiger partial charge in [0.25, 0.3) is 0 Å². The number of unbranched alkanes of at least 4 members (excludes halogenated alkanes) is 8. The first-order valence-corrected chi connectivity index (χ1v) is 8.65. The first kappa shape index (κ1) is 22.2. The van der Waals surface area contributed by atoms with Gasteiger partial charge in [0.05, 0.1) is 22.5 Å². The van der Waals surface area contributed by atoms with Crippen LogP contribution >= 0.6 is 0 Å². The minimum absolute atomic E-state index is 0. The van der Waals surface area contributed by atoms with Crippen LogP contribution in [0.4, 0.5) is 0 Å². The Kier molecular flexibility index (Phi) is 17.8. The van der Waals surface area contributed by atoms with Gasteiger partial charge in [-0.1, -0.05) is 58.3 Å². The third-order valence-electron chi connectivity index (χ3n) is 2.87. The Labute approximate surface area is 140 Å². The SMILES string of the molecule is CCCCCCCCCCCOCCS(=O)(=O)[O-].[Na+]. The van der Waals surface area contributed by atoms with Gasteiger partial charge in [0.2, 0.25) is 0 Å². The molecule has 0 heterocycles. The molecule has 0 N–H and O–H groups in total. The third-order valence-corrected chi connectivity index (χ3v) is 3.54. The molecular formula is C13H27NaO4S. The molecular weight excluding hydrogens is 275 g/mol. The summed E-state index contributed by atoms with van der Waals surface area (Å²) in [5.41, 5.74) is 0. The summed E-state index contributed by atoms with van der Waals surface area (Å²) < 4.78 is 35.9. The van der Waals surface area contributed by atoms with Gasteiger partial charge in [-0.2, -0.15) is 0 Å². The van der Waals surface area contributed by atoms with E-state index in [9.17, 15) is 13.0 Å². The number of ether oxygens (including phenoxy) is 1. The van der Waals surface area contributed by atoms with Crippen LogP contribution in [-0.2, 0) is 14.9 Å². The van der Waals surface area contributed by atoms with Crippen molar-refractivity contribution < 1.29 is 47.3 Å². The van der Waals surface area contributed by atoms with Crippen LogP contribution in [0.1, 0.15) is 64.7 Å². The first-order chi connectivity index (χ1) is 8.56. The summed E-state index contributed by atoms with van der Waals surface area (Å²) in [4.78, 5) is 0. The molecule has 0 amide bonds. The number of hydrogen-bond acceptors (Lipinski definition) is 4. The maximum absolute atomic E-state index is 10.3. The van der Waals surface area contributed by atoms with Gasteiger partial charge in [0.15, 0.2) is 0 Å². The third kappa shape index (κ3) is 21.3. The van der Waals surface area contributed by atoms with Crippen LogP contribution < -0.4 is 29.6 Å². The van der Waals surface area contributed by atoms with Crippen molar-refractivity contribution in [3.63, 3.8) is 0 Å². The summed E-state index contributed by atoms with van der Waals surface area (Å²) in [5.74, 6) is -0.412. The molecule has 110 valence electrons. The van der Waals surface area contributed by atoms with E-state index < -0.39 is 15.9 Å². The molecule has 0 aliphatic carbocycles. The monoisotopic (exact) mass is 302 g/mol. The Morgan fingerprint density at radius 1 is 0.842 bits per heavy atom. The van der Waals surface area contributed by atoms with E-state index in [-0.39, 0.29) is 36.2 Å². The molecule has 0 aliphatic heterocycles. The standard InChI is InChI=1S/C13H28O4S.Na/c1-2-3-4-5-6-7-8-9-10-11-17-12-13-18(14,15)16;/h2-13H2,1H3,(H,14,15,16);/q;+1/p-1. The van der Waals surface area contributed by atoms with Crippen molar-refractivity contribution in [1.29, 1.82) is 0 Å². The summed E-state index contributed by atoms with van der Waals surface area (Å²) in [6.45, 7) is 2.81. The fourth-order valence-corrected chi connectivity index (χ4v) is 2.10. The molecule has 0 unspecified atom stereocenters. The molecule has 0 fully saturated rings. The van der Waals surface area contributed by atoms with Crippen LogP contribution in [0.25, 0.3) is 0 Å². The zero-order chi connectivity index (χ0) is 13.7. The zero-order valence-corrected chi connectivity index (χ0v) is 15.3. The maximum Gasteiger partial charge on any atom is 1.00 e. The Morgan fingerprint density at radius 2 is 1.32 bits per heavy atom. The van der Waals surface area contributed by atoms with Gasteiger partial charge < -0.3 is 9.29 Å². The van der Waals surface area contributed by atoms with Crippen LogP contribution in [0, 0.1) is 0 Å². The van der Waals surface area contributed by atoms with E-state index in [1.165, 1.54) is 44.9 Å². The number of hydrogen-bond donors (Lipinski definition) is 0. The van der Waals surface area contributed by atoms with Crippen LogP contribution in [-0.4, -0.2) is 31.9 Å². The van der Waals surface area contributed by atoms with E-state index in [2.05, 4.69) is 6.92 Å². The quantitative estimate of drug-likeness (QED) is 0.275. The summed E-state index contributed by atoms with van der Waals surface area (Å²) >= 11 is 0. The molecule has 0 radical (unpaired) electrons. The average molecular weight is 302 g/mol. The average Bonchev–Trinajstić information content (AvgIpc) is 2.29. The largest absolute Gasteiger partial charge is 1.00 e. The molecule has 0 bridgehead atoms. The Hall–Kier alpha value is 0.870. The van der Waals surface area contributed by atoms with E-state index in [0.29, 0.717) is 6.61 Å². The molecule has 0 aliphatic rings. The smallest absolute Gasteiger partial charge is 0.748 e. The molecule has 6 heteroatoms. The van der Waals surface area contributed by atoms with E-state index >= 15 is 0 Å². The van der Waals surface area contributed by atoms with Gasteiger partial charge in [0, 0.05) is 6.61 Å². The Balaban J connectivity index is 0. The first-order valence-electron chi connectivity index (χ1n) is 7.07. The van der Waals surface area contributed by atoms with Crippen LogP contribution in [0.2, 0.25) is 0 Å². The van der Waals surface area contributed by atoms with Crippen molar-refractivity contribution >= 4 is 10.1 Å². The van der Waals surface area contributed by atoms with Gasteiger partial charge in [-0.3, -0.25) is 0 Å². The molecule has 0 saturated heterocycles. The van der Waals surface area contributed by atoms with Crippen LogP contribution in [0.3, 0.4) is 0 Å². The van der Waals surface area contributed by atoms with E-state index in [1.54, 1.807) is 0 Å². The van der Waals surface area contributed by atoms with Crippen molar-refractivity contribution in [3.05, 3.63) is 0 Å². The molecule has 4 nitrogen and oxygen atoms in total. The van der Waals surface area contributed by atoms with Crippen molar-refractivity contribution in [2.24, 2.45) is 0 Å². The summed E-state index contributed by atoms with van der Waals surface area (Å²) in [7, 11) is -4.11. The van der Waals surface area contributed by atoms with Crippen molar-refractivity contribution in [3.8, 4) is 0 Å². The van der Waals surface area contributed by atoms with E-state index in [4.69, 9.17) is 4.74 Å². The Morgan fingerprint density at radius 3 is 1.79 bits per heavy atom. The maximum atomic E-state index is 10.3. The normalized spacial score (nSPS) is 11.3. The zero-order valence-electron chi connectivity index (χ0n) is 12.5. The van der Waals surface area contributed by atoms with Crippen molar-refractivity contribution in [2.75, 3.05) is 19.0 Å². The molecule has 0 rings (SSSR count). The van der Waals surface area contributed by atoms with Gasteiger partial charge in [0.1, 0.15) is 0 Å². The molecule has 0 atom stereocenters. The second-order valence-electron chi connectivity index (χ2n) is 4.70. The summed E-state index contributed by atoms with van der Waals surface area (Å²) in [6, 6.07) is 0. The van der Waals surface area contributed by atoms with Gasteiger partial charge in [-0.05, 0) is 6.42 Å². The second-order valence-corrected chi connectivity index (χ2v) is 6.23. The van der Waals surface area contributed by atoms with Gasteiger partial charge in [-0.25, -0.2) is 8.42 Å². The van der Waals surface area contributed by atoms with Gasteiger partial charge in [-0.15, -0.1) is 0 Å². The molecule has 0 spiro atoms. The molecule has 0 aromatic carbocycles. The Bertz CT molecular complexity index is 268. The van der Waals surface area contributed by atoms with Gasteiger partial charge >= 0.3 is 29.6 Å². The second kappa shape index (κ2) is 15.3. The van der Waals surface area contributed by atoms with E-state index in [1.807, 2.05) is 0 Å². The minimum atomic E-state index is -4.11. The minimum Gasteiger partial charge on any atom is -0.748 e. The van der Waals surface area contributed by atoms with Crippen LogP contribution in [0.15, 0.2) is 0 Å².